The van der Waals surface area contributed by atoms with Crippen molar-refractivity contribution in [3.8, 4) is 11.5 Å². The average Bonchev–Trinajstić information content (AvgIpc) is 2.43. The minimum Gasteiger partial charge on any atom is -0.457 e. The third kappa shape index (κ3) is 3.70. The highest BCUT2D eigenvalue weighted by molar-refractivity contribution is 9.10. The van der Waals surface area contributed by atoms with E-state index in [9.17, 15) is 4.79 Å². The molecule has 2 nitrogen and oxygen atoms in total. The summed E-state index contributed by atoms with van der Waals surface area (Å²) in [7, 11) is 0. The number of benzene rings is 2. The summed E-state index contributed by atoms with van der Waals surface area (Å²) >= 11 is 3.37. The highest BCUT2D eigenvalue weighted by atomic mass is 79.9. The van der Waals surface area contributed by atoms with Crippen LogP contribution in [0.15, 0.2) is 46.9 Å². The average molecular weight is 333 g/mol. The first-order chi connectivity index (χ1) is 9.60. The van der Waals surface area contributed by atoms with Crippen LogP contribution in [0.3, 0.4) is 0 Å². The molecule has 2 aromatic rings. The zero-order chi connectivity index (χ0) is 14.5. The summed E-state index contributed by atoms with van der Waals surface area (Å²) in [6, 6.07) is 13.5. The first kappa shape index (κ1) is 14.8. The molecule has 0 aliphatic carbocycles. The van der Waals surface area contributed by atoms with Crippen molar-refractivity contribution in [3.05, 3.63) is 58.1 Å². The van der Waals surface area contributed by atoms with E-state index in [0.717, 1.165) is 23.1 Å². The molecule has 2 rings (SSSR count). The van der Waals surface area contributed by atoms with E-state index in [-0.39, 0.29) is 5.78 Å². The maximum Gasteiger partial charge on any atom is 0.163 e. The Labute approximate surface area is 127 Å². The van der Waals surface area contributed by atoms with E-state index in [4.69, 9.17) is 4.74 Å². The van der Waals surface area contributed by atoms with Crippen LogP contribution in [0.4, 0.5) is 0 Å². The lowest BCUT2D eigenvalue weighted by Crippen LogP contribution is -1.97. The van der Waals surface area contributed by atoms with Crippen LogP contribution >= 0.6 is 15.9 Å². The van der Waals surface area contributed by atoms with Crippen LogP contribution in [0.1, 0.15) is 36.2 Å². The molecule has 104 valence electrons. The van der Waals surface area contributed by atoms with E-state index >= 15 is 0 Å². The predicted octanol–water partition coefficient (Wildman–Crippen LogP) is 5.40. The molecular formula is C17H17BrO2. The van der Waals surface area contributed by atoms with Gasteiger partial charge in [-0.05, 0) is 49.2 Å². The van der Waals surface area contributed by atoms with Gasteiger partial charge in [-0.25, -0.2) is 0 Å². The molecule has 0 saturated heterocycles. The van der Waals surface area contributed by atoms with Crippen molar-refractivity contribution in [2.45, 2.75) is 26.7 Å². The Kier molecular flexibility index (Phi) is 4.96. The number of hydrogen-bond donors (Lipinski definition) is 0. The Morgan fingerprint density at radius 2 is 1.85 bits per heavy atom. The highest BCUT2D eigenvalue weighted by Crippen LogP contribution is 2.28. The molecule has 0 aliphatic rings. The second-order valence-electron chi connectivity index (χ2n) is 4.69. The second-order valence-corrected chi connectivity index (χ2v) is 5.61. The molecule has 0 aromatic heterocycles. The fraction of sp³-hybridized carbons (Fsp3) is 0.235. The number of Topliss-reactive ketones (excluding diaryl/α,β-unsaturated/α-hetero) is 1. The molecule has 0 radical (unpaired) electrons. The lowest BCUT2D eigenvalue weighted by Gasteiger charge is -2.10. The molecule has 0 heterocycles. The summed E-state index contributed by atoms with van der Waals surface area (Å²) in [4.78, 5) is 11.6. The third-order valence-electron chi connectivity index (χ3n) is 3.01. The molecule has 0 N–H and O–H groups in total. The van der Waals surface area contributed by atoms with Crippen molar-refractivity contribution in [2.75, 3.05) is 0 Å². The number of rotatable bonds is 5. The van der Waals surface area contributed by atoms with E-state index in [1.54, 1.807) is 19.1 Å². The topological polar surface area (TPSA) is 26.3 Å². The van der Waals surface area contributed by atoms with E-state index in [1.165, 1.54) is 5.56 Å². The van der Waals surface area contributed by atoms with Crippen molar-refractivity contribution < 1.29 is 9.53 Å². The van der Waals surface area contributed by atoms with Crippen LogP contribution in [-0.4, -0.2) is 5.78 Å². The van der Waals surface area contributed by atoms with Crippen molar-refractivity contribution >= 4 is 21.7 Å². The van der Waals surface area contributed by atoms with E-state index in [0.29, 0.717) is 11.3 Å². The number of ketones is 1. The number of hydrogen-bond acceptors (Lipinski definition) is 2. The number of carbonyl (C=O) groups excluding carboxylic acids is 1. The van der Waals surface area contributed by atoms with Crippen molar-refractivity contribution in [1.29, 1.82) is 0 Å². The van der Waals surface area contributed by atoms with Crippen molar-refractivity contribution in [3.63, 3.8) is 0 Å². The van der Waals surface area contributed by atoms with Crippen LogP contribution < -0.4 is 4.74 Å². The quantitative estimate of drug-likeness (QED) is 0.685. The molecule has 0 aliphatic heterocycles. The Morgan fingerprint density at radius 1 is 1.15 bits per heavy atom. The number of carbonyl (C=O) groups is 1. The summed E-state index contributed by atoms with van der Waals surface area (Å²) in [6.45, 7) is 3.70. The molecule has 20 heavy (non-hydrogen) atoms. The van der Waals surface area contributed by atoms with Gasteiger partial charge in [0.1, 0.15) is 11.5 Å². The van der Waals surface area contributed by atoms with Gasteiger partial charge >= 0.3 is 0 Å². The third-order valence-corrected chi connectivity index (χ3v) is 3.50. The van der Waals surface area contributed by atoms with Gasteiger partial charge in [-0.3, -0.25) is 4.79 Å². The zero-order valence-corrected chi connectivity index (χ0v) is 13.2. The van der Waals surface area contributed by atoms with Gasteiger partial charge in [0, 0.05) is 4.47 Å². The minimum atomic E-state index is -0.0103. The Hall–Kier alpha value is -1.61. The minimum absolute atomic E-state index is 0.0103. The number of ether oxygens (including phenoxy) is 1. The fourth-order valence-corrected chi connectivity index (χ4v) is 2.37. The SMILES string of the molecule is CCCc1ccc(Oc2ccc(Br)cc2C(C)=O)cc1. The lowest BCUT2D eigenvalue weighted by molar-refractivity contribution is 0.101. The molecule has 2 aromatic carbocycles. The van der Waals surface area contributed by atoms with Gasteiger partial charge in [-0.2, -0.15) is 0 Å². The Balaban J connectivity index is 2.23. The number of halogens is 1. The van der Waals surface area contributed by atoms with Gasteiger partial charge in [0.15, 0.2) is 5.78 Å². The monoisotopic (exact) mass is 332 g/mol. The lowest BCUT2D eigenvalue weighted by atomic mass is 10.1. The molecule has 0 fully saturated rings. The Bertz CT molecular complexity index is 603. The van der Waals surface area contributed by atoms with E-state index < -0.39 is 0 Å². The molecule has 0 atom stereocenters. The molecule has 0 spiro atoms. The van der Waals surface area contributed by atoms with Crippen LogP contribution in [0.25, 0.3) is 0 Å². The van der Waals surface area contributed by atoms with Gasteiger partial charge in [-0.15, -0.1) is 0 Å². The van der Waals surface area contributed by atoms with Crippen molar-refractivity contribution in [1.82, 2.24) is 0 Å². The van der Waals surface area contributed by atoms with Gasteiger partial charge in [0.05, 0.1) is 5.56 Å². The Morgan fingerprint density at radius 3 is 2.45 bits per heavy atom. The molecule has 0 saturated carbocycles. The standard InChI is InChI=1S/C17H17BrO2/c1-3-4-13-5-8-15(9-6-13)20-17-10-7-14(18)11-16(17)12(2)19/h5-11H,3-4H2,1-2H3. The summed E-state index contributed by atoms with van der Waals surface area (Å²) in [6.07, 6.45) is 2.19. The summed E-state index contributed by atoms with van der Waals surface area (Å²) < 4.78 is 6.69. The van der Waals surface area contributed by atoms with Crippen LogP contribution in [-0.2, 0) is 6.42 Å². The van der Waals surface area contributed by atoms with Crippen LogP contribution in [0.2, 0.25) is 0 Å². The van der Waals surface area contributed by atoms with Gasteiger partial charge in [0.25, 0.3) is 0 Å². The maximum absolute atomic E-state index is 11.6. The fourth-order valence-electron chi connectivity index (χ4n) is 2.01. The smallest absolute Gasteiger partial charge is 0.163 e. The summed E-state index contributed by atoms with van der Waals surface area (Å²) in [5.74, 6) is 1.32. The molecule has 0 amide bonds. The second kappa shape index (κ2) is 6.71. The molecule has 3 heteroatoms. The van der Waals surface area contributed by atoms with Crippen LogP contribution in [0, 0.1) is 0 Å². The molecule has 0 bridgehead atoms. The zero-order valence-electron chi connectivity index (χ0n) is 11.7. The largest absolute Gasteiger partial charge is 0.457 e. The van der Waals surface area contributed by atoms with Crippen molar-refractivity contribution in [2.24, 2.45) is 0 Å². The number of aryl methyl sites for hydroxylation is 1. The molecular weight excluding hydrogens is 316 g/mol. The van der Waals surface area contributed by atoms with Gasteiger partial charge < -0.3 is 4.74 Å². The first-order valence-electron chi connectivity index (χ1n) is 6.67. The highest BCUT2D eigenvalue weighted by Gasteiger charge is 2.10. The summed E-state index contributed by atoms with van der Waals surface area (Å²) in [5, 5.41) is 0. The summed E-state index contributed by atoms with van der Waals surface area (Å²) in [5.41, 5.74) is 1.87. The van der Waals surface area contributed by atoms with Gasteiger partial charge in [0.2, 0.25) is 0 Å². The maximum atomic E-state index is 11.6. The first-order valence-corrected chi connectivity index (χ1v) is 7.46. The molecule has 0 unspecified atom stereocenters. The normalized spacial score (nSPS) is 10.3. The van der Waals surface area contributed by atoms with Crippen LogP contribution in [0.5, 0.6) is 11.5 Å². The predicted molar refractivity (Wildman–Crippen MR) is 84.7 cm³/mol. The van der Waals surface area contributed by atoms with Gasteiger partial charge in [-0.1, -0.05) is 41.4 Å². The van der Waals surface area contributed by atoms with E-state index in [1.807, 2.05) is 18.2 Å². The van der Waals surface area contributed by atoms with E-state index in [2.05, 4.69) is 35.0 Å².